The summed E-state index contributed by atoms with van der Waals surface area (Å²) in [5.41, 5.74) is 2.32. The maximum atomic E-state index is 12.7. The molecule has 3 aromatic carbocycles. The van der Waals surface area contributed by atoms with Crippen LogP contribution in [0.3, 0.4) is 0 Å². The van der Waals surface area contributed by atoms with Crippen molar-refractivity contribution in [3.05, 3.63) is 112 Å². The van der Waals surface area contributed by atoms with Crippen LogP contribution in [0, 0.1) is 0 Å². The third-order valence-electron chi connectivity index (χ3n) is 5.77. The van der Waals surface area contributed by atoms with Gasteiger partial charge in [-0.2, -0.15) is 4.98 Å². The molecule has 0 radical (unpaired) electrons. The molecule has 3 aromatic heterocycles. The summed E-state index contributed by atoms with van der Waals surface area (Å²) in [7, 11) is 1.59. The zero-order valence-electron chi connectivity index (χ0n) is 18.2. The van der Waals surface area contributed by atoms with Crippen LogP contribution in [0.5, 0.6) is 11.5 Å². The fraction of sp³-hybridized carbons (Fsp3) is 0.0385. The van der Waals surface area contributed by atoms with E-state index in [2.05, 4.69) is 9.97 Å². The number of hydrogen-bond acceptors (Lipinski definition) is 4. The number of hydrogen-bond donors (Lipinski definition) is 1. The van der Waals surface area contributed by atoms with Crippen LogP contribution in [0.4, 0.5) is 0 Å². The minimum atomic E-state index is -0.504. The summed E-state index contributed by atoms with van der Waals surface area (Å²) < 4.78 is 11.0. The number of para-hydroxylation sites is 1. The second-order valence-electron chi connectivity index (χ2n) is 7.90. The van der Waals surface area contributed by atoms with Gasteiger partial charge in [0, 0.05) is 24.5 Å². The first-order valence-electron chi connectivity index (χ1n) is 10.7. The van der Waals surface area contributed by atoms with Crippen molar-refractivity contribution in [2.75, 3.05) is 0 Å². The minimum Gasteiger partial charge on any atom is -0.457 e. The molecule has 3 heterocycles. The summed E-state index contributed by atoms with van der Waals surface area (Å²) in [6.45, 7) is 0. The van der Waals surface area contributed by atoms with E-state index in [4.69, 9.17) is 4.74 Å². The lowest BCUT2D eigenvalue weighted by Gasteiger charge is -2.11. The van der Waals surface area contributed by atoms with E-state index < -0.39 is 11.2 Å². The number of aromatic amines is 1. The molecule has 1 N–H and O–H groups in total. The average molecular weight is 449 g/mol. The van der Waals surface area contributed by atoms with Crippen LogP contribution < -0.4 is 16.0 Å². The Kier molecular flexibility index (Phi) is 4.44. The van der Waals surface area contributed by atoms with E-state index in [1.807, 2.05) is 95.7 Å². The SMILES string of the molecule is Cn1c(=O)[nH]c(=O)c2c1nc1n(-c3ccc(Oc4ccccc4)cc3)c(-c3ccccc3)cn21. The summed E-state index contributed by atoms with van der Waals surface area (Å²) in [5, 5.41) is 0. The third-order valence-corrected chi connectivity index (χ3v) is 5.77. The van der Waals surface area contributed by atoms with Gasteiger partial charge in [-0.3, -0.25) is 23.3 Å². The van der Waals surface area contributed by atoms with Gasteiger partial charge in [-0.25, -0.2) is 4.79 Å². The maximum absolute atomic E-state index is 12.7. The molecule has 0 aliphatic rings. The van der Waals surface area contributed by atoms with Crippen LogP contribution >= 0.6 is 0 Å². The van der Waals surface area contributed by atoms with Crippen LogP contribution in [0.25, 0.3) is 33.9 Å². The molecule has 0 fully saturated rings. The average Bonchev–Trinajstić information content (AvgIpc) is 3.41. The molecule has 6 aromatic rings. The number of aryl methyl sites for hydroxylation is 1. The highest BCUT2D eigenvalue weighted by molar-refractivity contribution is 5.79. The summed E-state index contributed by atoms with van der Waals surface area (Å²) >= 11 is 0. The first-order chi connectivity index (χ1) is 16.6. The lowest BCUT2D eigenvalue weighted by atomic mass is 10.1. The Labute approximate surface area is 192 Å². The van der Waals surface area contributed by atoms with Crippen molar-refractivity contribution >= 4 is 16.9 Å². The lowest BCUT2D eigenvalue weighted by molar-refractivity contribution is 0.482. The monoisotopic (exact) mass is 449 g/mol. The van der Waals surface area contributed by atoms with Gasteiger partial charge in [-0.15, -0.1) is 0 Å². The second-order valence-corrected chi connectivity index (χ2v) is 7.90. The topological polar surface area (TPSA) is 86.3 Å². The molecule has 0 unspecified atom stereocenters. The van der Waals surface area contributed by atoms with E-state index >= 15 is 0 Å². The van der Waals surface area contributed by atoms with Crippen molar-refractivity contribution < 1.29 is 4.74 Å². The normalized spacial score (nSPS) is 11.3. The van der Waals surface area contributed by atoms with E-state index in [0.717, 1.165) is 22.7 Å². The summed E-state index contributed by atoms with van der Waals surface area (Å²) in [6, 6.07) is 27.1. The predicted octanol–water partition coefficient (Wildman–Crippen LogP) is 4.12. The van der Waals surface area contributed by atoms with E-state index in [1.165, 1.54) is 4.57 Å². The number of rotatable bonds is 4. The van der Waals surface area contributed by atoms with E-state index in [1.54, 1.807) is 11.4 Å². The van der Waals surface area contributed by atoms with Crippen LogP contribution in [-0.4, -0.2) is 23.5 Å². The zero-order chi connectivity index (χ0) is 23.2. The van der Waals surface area contributed by atoms with Crippen molar-refractivity contribution in [3.8, 4) is 28.4 Å². The minimum absolute atomic E-state index is 0.317. The number of fused-ring (bicyclic) bond motifs is 3. The fourth-order valence-electron chi connectivity index (χ4n) is 4.11. The van der Waals surface area contributed by atoms with Gasteiger partial charge in [0.05, 0.1) is 5.69 Å². The van der Waals surface area contributed by atoms with Gasteiger partial charge in [0.15, 0.2) is 11.2 Å². The van der Waals surface area contributed by atoms with Gasteiger partial charge in [-0.1, -0.05) is 48.5 Å². The number of aromatic nitrogens is 5. The van der Waals surface area contributed by atoms with Gasteiger partial charge in [-0.05, 0) is 36.4 Å². The molecule has 0 spiro atoms. The molecule has 166 valence electrons. The first-order valence-corrected chi connectivity index (χ1v) is 10.7. The Balaban J connectivity index is 1.57. The van der Waals surface area contributed by atoms with Crippen molar-refractivity contribution in [2.45, 2.75) is 0 Å². The van der Waals surface area contributed by atoms with Crippen molar-refractivity contribution in [2.24, 2.45) is 7.05 Å². The van der Waals surface area contributed by atoms with Crippen molar-refractivity contribution in [1.82, 2.24) is 23.5 Å². The number of benzene rings is 3. The Morgan fingerprint density at radius 1 is 0.824 bits per heavy atom. The molecule has 8 nitrogen and oxygen atoms in total. The van der Waals surface area contributed by atoms with Gasteiger partial charge in [0.2, 0.25) is 5.78 Å². The molecule has 0 saturated heterocycles. The summed E-state index contributed by atoms with van der Waals surface area (Å²) in [4.78, 5) is 31.9. The van der Waals surface area contributed by atoms with E-state index in [-0.39, 0.29) is 0 Å². The Morgan fingerprint density at radius 3 is 2.18 bits per heavy atom. The summed E-state index contributed by atoms with van der Waals surface area (Å²) in [6.07, 6.45) is 1.87. The molecule has 34 heavy (non-hydrogen) atoms. The molecule has 0 bridgehead atoms. The van der Waals surface area contributed by atoms with Gasteiger partial charge < -0.3 is 4.74 Å². The number of ether oxygens (including phenoxy) is 1. The van der Waals surface area contributed by atoms with E-state index in [9.17, 15) is 9.59 Å². The molecular formula is C26H19N5O3. The molecule has 0 aliphatic carbocycles. The van der Waals surface area contributed by atoms with E-state index in [0.29, 0.717) is 22.7 Å². The highest BCUT2D eigenvalue weighted by Crippen LogP contribution is 2.30. The number of nitrogens with zero attached hydrogens (tertiary/aromatic N) is 4. The molecule has 8 heteroatoms. The molecule has 6 rings (SSSR count). The van der Waals surface area contributed by atoms with Crippen molar-refractivity contribution in [1.29, 1.82) is 0 Å². The smallest absolute Gasteiger partial charge is 0.329 e. The van der Waals surface area contributed by atoms with Crippen molar-refractivity contribution in [3.63, 3.8) is 0 Å². The van der Waals surface area contributed by atoms with Crippen LogP contribution in [0.15, 0.2) is 101 Å². The van der Waals surface area contributed by atoms with Crippen LogP contribution in [0.2, 0.25) is 0 Å². The van der Waals surface area contributed by atoms with Gasteiger partial charge >= 0.3 is 5.69 Å². The Hall–Kier alpha value is -4.85. The van der Waals surface area contributed by atoms with Crippen LogP contribution in [-0.2, 0) is 7.05 Å². The largest absolute Gasteiger partial charge is 0.457 e. The molecule has 0 aliphatic heterocycles. The third kappa shape index (κ3) is 3.12. The summed E-state index contributed by atoms with van der Waals surface area (Å²) in [5.74, 6) is 1.98. The fourth-order valence-corrected chi connectivity index (χ4v) is 4.11. The number of nitrogens with one attached hydrogen (secondary N) is 1. The quantitative estimate of drug-likeness (QED) is 0.439. The molecule has 0 saturated carbocycles. The zero-order valence-corrected chi connectivity index (χ0v) is 18.2. The molecular weight excluding hydrogens is 430 g/mol. The Bertz CT molecular complexity index is 1760. The predicted molar refractivity (Wildman–Crippen MR) is 130 cm³/mol. The lowest BCUT2D eigenvalue weighted by Crippen LogP contribution is -2.28. The Morgan fingerprint density at radius 2 is 1.47 bits per heavy atom. The maximum Gasteiger partial charge on any atom is 0.329 e. The molecule has 0 atom stereocenters. The second kappa shape index (κ2) is 7.63. The van der Waals surface area contributed by atoms with Crippen LogP contribution in [0.1, 0.15) is 0 Å². The first kappa shape index (κ1) is 19.8. The number of H-pyrrole nitrogens is 1. The molecule has 0 amide bonds. The highest BCUT2D eigenvalue weighted by atomic mass is 16.5. The number of imidazole rings is 2. The van der Waals surface area contributed by atoms with Gasteiger partial charge in [0.25, 0.3) is 5.56 Å². The highest BCUT2D eigenvalue weighted by Gasteiger charge is 2.20. The standard InChI is InChI=1S/C26H19N5O3/c1-29-23-22(24(32)28-26(29)33)30-16-21(17-8-4-2-5-9-17)31(25(30)27-23)18-12-14-20(15-13-18)34-19-10-6-3-7-11-19/h2-16H,1H3,(H,28,32,33). The van der Waals surface area contributed by atoms with Gasteiger partial charge in [0.1, 0.15) is 11.5 Å².